The zero-order valence-corrected chi connectivity index (χ0v) is 34.6. The van der Waals surface area contributed by atoms with Crippen molar-refractivity contribution >= 4 is 15.9 Å². The van der Waals surface area contributed by atoms with Crippen LogP contribution in [-0.4, -0.2) is 111 Å². The Morgan fingerprint density at radius 2 is 1.67 bits per heavy atom. The van der Waals surface area contributed by atoms with Gasteiger partial charge in [0.25, 0.3) is 0 Å². The number of carbonyl (C=O) groups is 1. The number of ether oxygens (including phenoxy) is 6. The third kappa shape index (κ3) is 10.5. The highest BCUT2D eigenvalue weighted by atomic mass is 32.2. The topological polar surface area (TPSA) is 130 Å². The molecular weight excluding hydrogens is 711 g/mol. The highest BCUT2D eigenvalue weighted by molar-refractivity contribution is 7.91. The van der Waals surface area contributed by atoms with Crippen LogP contribution in [0, 0.1) is 18.8 Å². The summed E-state index contributed by atoms with van der Waals surface area (Å²) in [5.74, 6) is -0.453. The highest BCUT2D eigenvalue weighted by Gasteiger charge is 2.52. The number of aliphatic hydroxyl groups is 1. The van der Waals surface area contributed by atoms with Gasteiger partial charge in [-0.3, -0.25) is 4.90 Å². The van der Waals surface area contributed by atoms with Crippen molar-refractivity contribution in [3.8, 4) is 0 Å². The van der Waals surface area contributed by atoms with Crippen molar-refractivity contribution in [2.24, 2.45) is 11.8 Å². The van der Waals surface area contributed by atoms with Crippen molar-refractivity contribution in [1.82, 2.24) is 4.90 Å². The molecule has 5 rings (SSSR count). The first-order valence-electron chi connectivity index (χ1n) is 19.7. The van der Waals surface area contributed by atoms with Crippen LogP contribution in [0.4, 0.5) is 4.79 Å². The maximum absolute atomic E-state index is 14.0. The van der Waals surface area contributed by atoms with Crippen molar-refractivity contribution in [3.63, 3.8) is 0 Å². The van der Waals surface area contributed by atoms with E-state index in [1.54, 1.807) is 24.1 Å². The van der Waals surface area contributed by atoms with Gasteiger partial charge in [-0.2, -0.15) is 0 Å². The fourth-order valence-electron chi connectivity index (χ4n) is 8.60. The van der Waals surface area contributed by atoms with Gasteiger partial charge in [-0.25, -0.2) is 13.2 Å². The number of benzene rings is 1. The molecule has 1 aromatic rings. The average Bonchev–Trinajstić information content (AvgIpc) is 3.70. The van der Waals surface area contributed by atoms with Crippen LogP contribution in [0.5, 0.6) is 0 Å². The van der Waals surface area contributed by atoms with E-state index in [0.717, 1.165) is 55.2 Å². The van der Waals surface area contributed by atoms with Gasteiger partial charge < -0.3 is 33.5 Å². The molecule has 1 N–H and O–H groups in total. The van der Waals surface area contributed by atoms with Crippen LogP contribution in [0.15, 0.2) is 53.5 Å². The number of carbonyl (C=O) groups excluding carboxylic acids is 1. The Hall–Kier alpha value is -2.32. The summed E-state index contributed by atoms with van der Waals surface area (Å²) >= 11 is 0. The number of rotatable bonds is 14. The van der Waals surface area contributed by atoms with Crippen molar-refractivity contribution in [1.29, 1.82) is 0 Å². The molecule has 4 heterocycles. The van der Waals surface area contributed by atoms with Gasteiger partial charge in [0.15, 0.2) is 9.84 Å². The predicted octanol–water partition coefficient (Wildman–Crippen LogP) is 6.94. The molecule has 1 aromatic carbocycles. The first-order chi connectivity index (χ1) is 25.3. The van der Waals surface area contributed by atoms with Gasteiger partial charge in [-0.15, -0.1) is 0 Å². The summed E-state index contributed by atoms with van der Waals surface area (Å²) in [5.41, 5.74) is 1.49. The molecule has 54 heavy (non-hydrogen) atoms. The van der Waals surface area contributed by atoms with Gasteiger partial charge in [0.05, 0.1) is 66.0 Å². The zero-order chi connectivity index (χ0) is 39.6. The average molecular weight is 776 g/mol. The lowest BCUT2D eigenvalue weighted by molar-refractivity contribution is -0.0992. The number of nitrogens with zero attached hydrogens (tertiary/aromatic N) is 1. The molecule has 4 fully saturated rings. The molecular formula is C42H65NO10S. The van der Waals surface area contributed by atoms with E-state index in [0.29, 0.717) is 19.4 Å². The second kappa shape index (κ2) is 17.4. The molecule has 11 nitrogen and oxygen atoms in total. The monoisotopic (exact) mass is 775 g/mol. The van der Waals surface area contributed by atoms with Crippen molar-refractivity contribution < 1.29 is 46.7 Å². The lowest BCUT2D eigenvalue weighted by Gasteiger charge is -2.38. The van der Waals surface area contributed by atoms with Gasteiger partial charge in [0.1, 0.15) is 11.3 Å². The number of hydrogen-bond acceptors (Lipinski definition) is 10. The summed E-state index contributed by atoms with van der Waals surface area (Å²) in [6, 6.07) is 6.93. The number of amides is 1. The second-order valence-corrected chi connectivity index (χ2v) is 19.5. The van der Waals surface area contributed by atoms with E-state index in [9.17, 15) is 18.3 Å². The van der Waals surface area contributed by atoms with Gasteiger partial charge in [0.2, 0.25) is 0 Å². The summed E-state index contributed by atoms with van der Waals surface area (Å²) in [6.45, 7) is 22.5. The Kier molecular flexibility index (Phi) is 13.8. The number of sulfone groups is 1. The van der Waals surface area contributed by atoms with Crippen LogP contribution in [-0.2, 0) is 38.3 Å². The van der Waals surface area contributed by atoms with Gasteiger partial charge >= 0.3 is 6.09 Å². The Bertz CT molecular complexity index is 1570. The van der Waals surface area contributed by atoms with Crippen LogP contribution in [0.25, 0.3) is 0 Å². The molecule has 0 saturated carbocycles. The number of aryl methyl sites for hydroxylation is 1. The molecule has 0 radical (unpaired) electrons. The van der Waals surface area contributed by atoms with E-state index in [-0.39, 0.29) is 53.7 Å². The molecule has 1 amide bonds. The normalized spacial score (nSPS) is 33.1. The maximum atomic E-state index is 14.0. The highest BCUT2D eigenvalue weighted by Crippen LogP contribution is 2.42. The summed E-state index contributed by atoms with van der Waals surface area (Å²) in [4.78, 5) is 15.0. The van der Waals surface area contributed by atoms with E-state index < -0.39 is 51.5 Å². The molecule has 12 heteroatoms. The van der Waals surface area contributed by atoms with E-state index in [1.165, 1.54) is 0 Å². The van der Waals surface area contributed by atoms with Crippen LogP contribution in [0.1, 0.15) is 98.5 Å². The van der Waals surface area contributed by atoms with Crippen LogP contribution in [0.3, 0.4) is 0 Å². The molecule has 304 valence electrons. The van der Waals surface area contributed by atoms with E-state index >= 15 is 0 Å². The van der Waals surface area contributed by atoms with Crippen LogP contribution >= 0.6 is 0 Å². The van der Waals surface area contributed by atoms with Gasteiger partial charge in [-0.1, -0.05) is 37.8 Å². The first kappa shape index (κ1) is 42.8. The Morgan fingerprint density at radius 1 is 0.981 bits per heavy atom. The largest absolute Gasteiger partial charge is 0.444 e. The smallest absolute Gasteiger partial charge is 0.412 e. The Balaban J connectivity index is 1.32. The van der Waals surface area contributed by atoms with Gasteiger partial charge in [-0.05, 0) is 109 Å². The summed E-state index contributed by atoms with van der Waals surface area (Å²) < 4.78 is 66.0. The molecule has 4 aliphatic heterocycles. The van der Waals surface area contributed by atoms with Crippen LogP contribution in [0.2, 0.25) is 0 Å². The third-order valence-electron chi connectivity index (χ3n) is 11.5. The minimum atomic E-state index is -3.71. The summed E-state index contributed by atoms with van der Waals surface area (Å²) in [7, 11) is -2.11. The first-order valence-corrected chi connectivity index (χ1v) is 21.4. The summed E-state index contributed by atoms with van der Waals surface area (Å²) in [5, 5.41) is 9.25. The lowest BCUT2D eigenvalue weighted by atomic mass is 9.83. The summed E-state index contributed by atoms with van der Waals surface area (Å²) in [6.07, 6.45) is 2.96. The molecule has 4 aliphatic rings. The molecule has 10 atom stereocenters. The number of hydrogen-bond donors (Lipinski definition) is 1. The number of aliphatic hydroxyl groups excluding tert-OH is 1. The van der Waals surface area contributed by atoms with E-state index in [1.807, 2.05) is 53.7 Å². The van der Waals surface area contributed by atoms with Crippen LogP contribution < -0.4 is 0 Å². The van der Waals surface area contributed by atoms with Crippen molar-refractivity contribution in [2.75, 3.05) is 26.0 Å². The molecule has 4 saturated heterocycles. The van der Waals surface area contributed by atoms with E-state index in [4.69, 9.17) is 28.4 Å². The van der Waals surface area contributed by atoms with Gasteiger partial charge in [0, 0.05) is 32.5 Å². The van der Waals surface area contributed by atoms with Crippen molar-refractivity contribution in [2.45, 2.75) is 165 Å². The fourth-order valence-corrected chi connectivity index (χ4v) is 10.3. The fraction of sp³-hybridized carbons (Fsp3) is 0.738. The quantitative estimate of drug-likeness (QED) is 0.199. The lowest BCUT2D eigenvalue weighted by Crippen LogP contribution is -2.46. The van der Waals surface area contributed by atoms with Crippen molar-refractivity contribution in [3.05, 3.63) is 54.1 Å². The zero-order valence-electron chi connectivity index (χ0n) is 33.8. The molecule has 1 unspecified atom stereocenters. The molecule has 0 spiro atoms. The third-order valence-corrected chi connectivity index (χ3v) is 13.3. The maximum Gasteiger partial charge on any atom is 0.412 e. The standard InChI is InChI=1S/C42H65NO10S/c1-26-13-16-33(17-14-26)54(46,47)25-34-37(51-38(39(34)48-10)22-32-24-43(42(8,9)52-32)40(45)53-41(5,6)7)23-36-29(4)27(2)20-31(50-36)15-18-35-28(3)21-30(49-35)12-11-19-44/h13-14,16-17,27,30-32,34-39,44H,3-4,11-12,15,18-25H2,1-2,5-10H3/t27-,30+,31+,32+,34+,35+,36?,37+,38-,39-/m1/s1. The number of methoxy groups -OCH3 is 1. The second-order valence-electron chi connectivity index (χ2n) is 17.4. The molecule has 0 bridgehead atoms. The Labute approximate surface area is 323 Å². The van der Waals surface area contributed by atoms with E-state index in [2.05, 4.69) is 20.1 Å². The SMILES string of the molecule is C=C1C(C[C@@H]2O[C@H](C[C@H]3CN(C(=O)OC(C)(C)C)C(C)(C)O3)[C@H](OC)[C@H]2CS(=O)(=O)c2ccc(C)cc2)O[C@@H](CC[C@@H]2O[C@@H](CCCO)CC2=C)C[C@H]1C. The minimum Gasteiger partial charge on any atom is -0.444 e. The Morgan fingerprint density at radius 3 is 2.31 bits per heavy atom. The predicted molar refractivity (Wildman–Crippen MR) is 207 cm³/mol. The minimum absolute atomic E-state index is 0.0250. The molecule has 0 aromatic heterocycles. The molecule has 0 aliphatic carbocycles.